The van der Waals surface area contributed by atoms with Gasteiger partial charge in [0.25, 0.3) is 0 Å². The summed E-state index contributed by atoms with van der Waals surface area (Å²) in [4.78, 5) is 0. The second kappa shape index (κ2) is 6.96. The fourth-order valence-corrected chi connectivity index (χ4v) is 2.75. The minimum absolute atomic E-state index is 0. The van der Waals surface area contributed by atoms with E-state index in [1.165, 1.54) is 38.9 Å². The van der Waals surface area contributed by atoms with Crippen LogP contribution < -0.4 is 0 Å². The molecule has 114 valence electrons. The Morgan fingerprint density at radius 3 is 1.45 bits per heavy atom. The molecule has 3 rings (SSSR count). The standard InChI is InChI=1S/C21H19.Cu/c1-15-12-18(20-10-6-4-8-16(20)2)14-19(13-15)21-11-7-5-9-17(21)3;/h4-13H,1-3H3;/q-1;+1. The van der Waals surface area contributed by atoms with Crippen molar-refractivity contribution in [2.45, 2.75) is 20.8 Å². The Hall–Kier alpha value is -1.82. The van der Waals surface area contributed by atoms with E-state index in [-0.39, 0.29) is 17.1 Å². The first-order valence-corrected chi connectivity index (χ1v) is 7.31. The maximum Gasteiger partial charge on any atom is 1.00 e. The van der Waals surface area contributed by atoms with Gasteiger partial charge >= 0.3 is 17.1 Å². The fourth-order valence-electron chi connectivity index (χ4n) is 2.75. The molecule has 0 bridgehead atoms. The zero-order valence-corrected chi connectivity index (χ0v) is 14.0. The summed E-state index contributed by atoms with van der Waals surface area (Å²) in [5.41, 5.74) is 8.71. The van der Waals surface area contributed by atoms with Gasteiger partial charge in [0.1, 0.15) is 0 Å². The van der Waals surface area contributed by atoms with Crippen LogP contribution in [-0.4, -0.2) is 0 Å². The summed E-state index contributed by atoms with van der Waals surface area (Å²) in [5, 5.41) is 0. The van der Waals surface area contributed by atoms with Crippen LogP contribution in [0.15, 0.2) is 60.7 Å². The summed E-state index contributed by atoms with van der Waals surface area (Å²) >= 11 is 0. The Bertz CT molecular complexity index is 724. The molecule has 0 heterocycles. The zero-order valence-electron chi connectivity index (χ0n) is 13.1. The largest absolute Gasteiger partial charge is 1.00 e. The third kappa shape index (κ3) is 3.32. The first-order chi connectivity index (χ1) is 10.1. The average Bonchev–Trinajstić information content (AvgIpc) is 2.47. The van der Waals surface area contributed by atoms with E-state index in [2.05, 4.69) is 87.5 Å². The van der Waals surface area contributed by atoms with Crippen LogP contribution in [0.25, 0.3) is 22.3 Å². The van der Waals surface area contributed by atoms with E-state index >= 15 is 0 Å². The molecule has 1 heteroatoms. The molecule has 0 aromatic heterocycles. The van der Waals surface area contributed by atoms with Crippen LogP contribution >= 0.6 is 0 Å². The molecule has 3 aromatic carbocycles. The van der Waals surface area contributed by atoms with Crippen molar-refractivity contribution >= 4 is 0 Å². The predicted molar refractivity (Wildman–Crippen MR) is 90.4 cm³/mol. The first-order valence-electron chi connectivity index (χ1n) is 7.31. The third-order valence-corrected chi connectivity index (χ3v) is 3.88. The molecule has 22 heavy (non-hydrogen) atoms. The van der Waals surface area contributed by atoms with Gasteiger partial charge in [-0.15, -0.1) is 34.9 Å². The van der Waals surface area contributed by atoms with Gasteiger partial charge in [-0.25, -0.2) is 0 Å². The zero-order chi connectivity index (χ0) is 14.8. The number of rotatable bonds is 2. The van der Waals surface area contributed by atoms with Gasteiger partial charge in [-0.05, 0) is 13.8 Å². The Morgan fingerprint density at radius 1 is 0.636 bits per heavy atom. The molecular formula is C21H19Cu. The number of benzene rings is 3. The Balaban J connectivity index is 0.00000176. The van der Waals surface area contributed by atoms with Crippen LogP contribution in [0.3, 0.4) is 0 Å². The monoisotopic (exact) mass is 334 g/mol. The van der Waals surface area contributed by atoms with Gasteiger partial charge in [0.05, 0.1) is 0 Å². The summed E-state index contributed by atoms with van der Waals surface area (Å²) in [6.07, 6.45) is 0. The summed E-state index contributed by atoms with van der Waals surface area (Å²) < 4.78 is 0. The van der Waals surface area contributed by atoms with Gasteiger partial charge < -0.3 is 0 Å². The van der Waals surface area contributed by atoms with Gasteiger partial charge in [-0.3, -0.25) is 0 Å². The summed E-state index contributed by atoms with van der Waals surface area (Å²) in [5.74, 6) is 0. The summed E-state index contributed by atoms with van der Waals surface area (Å²) in [6.45, 7) is 6.45. The SMILES string of the molecule is Cc1cc(-c2ccccc2C)[c-]c(-c2ccccc2C)c1.[Cu+]. The van der Waals surface area contributed by atoms with Crippen LogP contribution in [0, 0.1) is 26.8 Å². The Kier molecular flexibility index (Phi) is 5.23. The van der Waals surface area contributed by atoms with Crippen LogP contribution in [-0.2, 0) is 17.1 Å². The minimum Gasteiger partial charge on any atom is -0.123 e. The van der Waals surface area contributed by atoms with Crippen LogP contribution in [0.2, 0.25) is 0 Å². The maximum atomic E-state index is 3.60. The van der Waals surface area contributed by atoms with E-state index in [1.54, 1.807) is 0 Å². The van der Waals surface area contributed by atoms with E-state index < -0.39 is 0 Å². The van der Waals surface area contributed by atoms with Gasteiger partial charge in [-0.2, -0.15) is 0 Å². The fraction of sp³-hybridized carbons (Fsp3) is 0.143. The molecule has 0 aliphatic rings. The van der Waals surface area contributed by atoms with E-state index in [1.807, 2.05) is 0 Å². The molecule has 0 aliphatic heterocycles. The second-order valence-corrected chi connectivity index (χ2v) is 5.61. The average molecular weight is 335 g/mol. The van der Waals surface area contributed by atoms with E-state index in [9.17, 15) is 0 Å². The number of aryl methyl sites for hydroxylation is 3. The number of hydrogen-bond donors (Lipinski definition) is 0. The molecule has 0 saturated heterocycles. The van der Waals surface area contributed by atoms with Gasteiger partial charge in [0.2, 0.25) is 0 Å². The quantitative estimate of drug-likeness (QED) is 0.414. The van der Waals surface area contributed by atoms with Crippen molar-refractivity contribution < 1.29 is 17.1 Å². The topological polar surface area (TPSA) is 0 Å². The Labute approximate surface area is 143 Å². The van der Waals surface area contributed by atoms with Crippen molar-refractivity contribution in [3.8, 4) is 22.3 Å². The van der Waals surface area contributed by atoms with Crippen LogP contribution in [0.5, 0.6) is 0 Å². The minimum atomic E-state index is 0. The van der Waals surface area contributed by atoms with Crippen molar-refractivity contribution in [1.82, 2.24) is 0 Å². The van der Waals surface area contributed by atoms with Gasteiger partial charge in [-0.1, -0.05) is 77.7 Å². The Morgan fingerprint density at radius 2 is 1.05 bits per heavy atom. The van der Waals surface area contributed by atoms with E-state index in [0.717, 1.165) is 0 Å². The van der Waals surface area contributed by atoms with Crippen LogP contribution in [0.1, 0.15) is 16.7 Å². The molecule has 0 saturated carbocycles. The third-order valence-electron chi connectivity index (χ3n) is 3.88. The summed E-state index contributed by atoms with van der Waals surface area (Å²) in [7, 11) is 0. The van der Waals surface area contributed by atoms with Crippen molar-refractivity contribution in [2.24, 2.45) is 0 Å². The molecule has 0 aliphatic carbocycles. The maximum absolute atomic E-state index is 3.60. The smallest absolute Gasteiger partial charge is 0.123 e. The molecule has 3 aromatic rings. The van der Waals surface area contributed by atoms with E-state index in [4.69, 9.17) is 0 Å². The van der Waals surface area contributed by atoms with Gasteiger partial charge in [0, 0.05) is 0 Å². The molecule has 0 unspecified atom stereocenters. The van der Waals surface area contributed by atoms with Crippen molar-refractivity contribution in [3.63, 3.8) is 0 Å². The van der Waals surface area contributed by atoms with Crippen molar-refractivity contribution in [3.05, 3.63) is 83.4 Å². The molecule has 0 fully saturated rings. The van der Waals surface area contributed by atoms with Crippen LogP contribution in [0.4, 0.5) is 0 Å². The molecule has 0 spiro atoms. The molecule has 0 nitrogen and oxygen atoms in total. The molecule has 0 amide bonds. The number of hydrogen-bond acceptors (Lipinski definition) is 0. The van der Waals surface area contributed by atoms with Crippen molar-refractivity contribution in [1.29, 1.82) is 0 Å². The molecule has 0 radical (unpaired) electrons. The summed E-state index contributed by atoms with van der Waals surface area (Å²) in [6, 6.07) is 25.0. The molecular weight excluding hydrogens is 316 g/mol. The van der Waals surface area contributed by atoms with Crippen molar-refractivity contribution in [2.75, 3.05) is 0 Å². The van der Waals surface area contributed by atoms with Gasteiger partial charge in [0.15, 0.2) is 0 Å². The molecule has 0 N–H and O–H groups in total. The second-order valence-electron chi connectivity index (χ2n) is 5.61. The first kappa shape index (κ1) is 16.5. The predicted octanol–water partition coefficient (Wildman–Crippen LogP) is 5.74. The normalized spacial score (nSPS) is 10.1. The van der Waals surface area contributed by atoms with E-state index in [0.29, 0.717) is 0 Å². The molecule has 0 atom stereocenters.